The molecule has 0 atom stereocenters. The van der Waals surface area contributed by atoms with Gasteiger partial charge in [0.1, 0.15) is 0 Å². The summed E-state index contributed by atoms with van der Waals surface area (Å²) in [6.45, 7) is 9.33. The lowest BCUT2D eigenvalue weighted by Gasteiger charge is -2.23. The molecule has 0 aliphatic carbocycles. The van der Waals surface area contributed by atoms with E-state index in [-0.39, 0.29) is 29.5 Å². The van der Waals surface area contributed by atoms with Gasteiger partial charge in [0.05, 0.1) is 6.54 Å². The SMILES string of the molecule is CN=C(NCc1sccc1C)NC(C)(C)C.I. The Bertz CT molecular complexity index is 366. The Labute approximate surface area is 125 Å². The van der Waals surface area contributed by atoms with Crippen LogP contribution in [0.2, 0.25) is 0 Å². The molecule has 0 fully saturated rings. The van der Waals surface area contributed by atoms with Crippen molar-refractivity contribution in [1.82, 2.24) is 10.6 Å². The van der Waals surface area contributed by atoms with Gasteiger partial charge >= 0.3 is 0 Å². The van der Waals surface area contributed by atoms with Gasteiger partial charge in [-0.3, -0.25) is 4.99 Å². The molecule has 0 unspecified atom stereocenters. The van der Waals surface area contributed by atoms with Crippen molar-refractivity contribution in [2.24, 2.45) is 4.99 Å². The van der Waals surface area contributed by atoms with Gasteiger partial charge in [0, 0.05) is 17.5 Å². The summed E-state index contributed by atoms with van der Waals surface area (Å²) in [5.74, 6) is 0.847. The lowest BCUT2D eigenvalue weighted by Crippen LogP contribution is -2.47. The van der Waals surface area contributed by atoms with E-state index >= 15 is 0 Å². The van der Waals surface area contributed by atoms with Gasteiger partial charge in [-0.1, -0.05) is 0 Å². The van der Waals surface area contributed by atoms with Crippen molar-refractivity contribution in [1.29, 1.82) is 0 Å². The number of aliphatic imine (C=N–C) groups is 1. The minimum Gasteiger partial charge on any atom is -0.352 e. The molecule has 0 amide bonds. The van der Waals surface area contributed by atoms with Crippen molar-refractivity contribution in [2.45, 2.75) is 39.8 Å². The molecule has 1 aromatic rings. The monoisotopic (exact) mass is 367 g/mol. The maximum Gasteiger partial charge on any atom is 0.191 e. The Morgan fingerprint density at radius 1 is 1.41 bits per heavy atom. The van der Waals surface area contributed by atoms with Gasteiger partial charge in [-0.15, -0.1) is 35.3 Å². The van der Waals surface area contributed by atoms with Gasteiger partial charge < -0.3 is 10.6 Å². The van der Waals surface area contributed by atoms with Crippen molar-refractivity contribution in [3.8, 4) is 0 Å². The van der Waals surface area contributed by atoms with Crippen LogP contribution >= 0.6 is 35.3 Å². The highest BCUT2D eigenvalue weighted by Gasteiger charge is 2.11. The number of aryl methyl sites for hydroxylation is 1. The number of nitrogens with zero attached hydrogens (tertiary/aromatic N) is 1. The van der Waals surface area contributed by atoms with E-state index in [2.05, 4.69) is 54.8 Å². The number of halogens is 1. The van der Waals surface area contributed by atoms with Gasteiger partial charge in [-0.05, 0) is 44.7 Å². The maximum atomic E-state index is 4.20. The van der Waals surface area contributed by atoms with Crippen molar-refractivity contribution < 1.29 is 0 Å². The summed E-state index contributed by atoms with van der Waals surface area (Å²) in [5, 5.41) is 8.77. The van der Waals surface area contributed by atoms with Crippen LogP contribution in [0.15, 0.2) is 16.4 Å². The first-order valence-corrected chi connectivity index (χ1v) is 6.32. The first-order valence-electron chi connectivity index (χ1n) is 5.44. The quantitative estimate of drug-likeness (QED) is 0.479. The highest BCUT2D eigenvalue weighted by molar-refractivity contribution is 14.0. The minimum atomic E-state index is 0. The summed E-state index contributed by atoms with van der Waals surface area (Å²) in [6, 6.07) is 2.14. The lowest BCUT2D eigenvalue weighted by atomic mass is 10.1. The fraction of sp³-hybridized carbons (Fsp3) is 0.583. The van der Waals surface area contributed by atoms with E-state index in [1.54, 1.807) is 18.4 Å². The van der Waals surface area contributed by atoms with Gasteiger partial charge in [0.15, 0.2) is 5.96 Å². The number of guanidine groups is 1. The first kappa shape index (κ1) is 16.7. The van der Waals surface area contributed by atoms with E-state index < -0.39 is 0 Å². The second-order valence-electron chi connectivity index (χ2n) is 4.83. The van der Waals surface area contributed by atoms with Crippen molar-refractivity contribution in [2.75, 3.05) is 7.05 Å². The fourth-order valence-corrected chi connectivity index (χ4v) is 2.13. The molecule has 0 saturated carbocycles. The van der Waals surface area contributed by atoms with Crippen molar-refractivity contribution >= 4 is 41.3 Å². The van der Waals surface area contributed by atoms with Gasteiger partial charge in [0.25, 0.3) is 0 Å². The number of hydrogen-bond donors (Lipinski definition) is 2. The predicted octanol–water partition coefficient (Wildman–Crippen LogP) is 3.14. The second kappa shape index (κ2) is 7.20. The smallest absolute Gasteiger partial charge is 0.191 e. The number of nitrogens with one attached hydrogen (secondary N) is 2. The summed E-state index contributed by atoms with van der Waals surface area (Å²) in [7, 11) is 1.79. The van der Waals surface area contributed by atoms with E-state index in [1.807, 2.05) is 0 Å². The molecule has 2 N–H and O–H groups in total. The average Bonchev–Trinajstić information content (AvgIpc) is 2.57. The fourth-order valence-electron chi connectivity index (χ4n) is 1.28. The molecule has 5 heteroatoms. The lowest BCUT2D eigenvalue weighted by molar-refractivity contribution is 0.501. The molecule has 17 heavy (non-hydrogen) atoms. The van der Waals surface area contributed by atoms with E-state index in [0.29, 0.717) is 0 Å². The molecule has 0 aromatic carbocycles. The summed E-state index contributed by atoms with van der Waals surface area (Å²) in [6.07, 6.45) is 0. The van der Waals surface area contributed by atoms with E-state index in [4.69, 9.17) is 0 Å². The number of hydrogen-bond acceptors (Lipinski definition) is 2. The van der Waals surface area contributed by atoms with Crippen LogP contribution in [0.3, 0.4) is 0 Å². The third-order valence-corrected chi connectivity index (χ3v) is 3.12. The largest absolute Gasteiger partial charge is 0.352 e. The van der Waals surface area contributed by atoms with E-state index in [1.165, 1.54) is 10.4 Å². The Balaban J connectivity index is 0.00000256. The summed E-state index contributed by atoms with van der Waals surface area (Å²) in [5.41, 5.74) is 1.37. The minimum absolute atomic E-state index is 0. The summed E-state index contributed by atoms with van der Waals surface area (Å²) >= 11 is 1.77. The zero-order chi connectivity index (χ0) is 12.2. The zero-order valence-electron chi connectivity index (χ0n) is 11.1. The van der Waals surface area contributed by atoms with Crippen LogP contribution in [0.25, 0.3) is 0 Å². The van der Waals surface area contributed by atoms with Crippen LogP contribution in [0.4, 0.5) is 0 Å². The molecule has 0 spiro atoms. The molecule has 0 aliphatic heterocycles. The summed E-state index contributed by atoms with van der Waals surface area (Å²) < 4.78 is 0. The Hall–Kier alpha value is -0.300. The molecule has 0 saturated heterocycles. The highest BCUT2D eigenvalue weighted by Crippen LogP contribution is 2.14. The second-order valence-corrected chi connectivity index (χ2v) is 5.83. The molecular formula is C12H22IN3S. The van der Waals surface area contributed by atoms with Crippen LogP contribution in [0, 0.1) is 6.92 Å². The predicted molar refractivity (Wildman–Crippen MR) is 87.6 cm³/mol. The normalized spacial score (nSPS) is 11.9. The maximum absolute atomic E-state index is 4.20. The van der Waals surface area contributed by atoms with Gasteiger partial charge in [0.2, 0.25) is 0 Å². The summed E-state index contributed by atoms with van der Waals surface area (Å²) in [4.78, 5) is 5.56. The first-order chi connectivity index (χ1) is 7.42. The van der Waals surface area contributed by atoms with E-state index in [9.17, 15) is 0 Å². The molecule has 1 rings (SSSR count). The van der Waals surface area contributed by atoms with Crippen LogP contribution in [-0.4, -0.2) is 18.5 Å². The third-order valence-electron chi connectivity index (χ3n) is 2.10. The van der Waals surface area contributed by atoms with Crippen LogP contribution < -0.4 is 10.6 Å². The molecule has 1 aromatic heterocycles. The highest BCUT2D eigenvalue weighted by atomic mass is 127. The van der Waals surface area contributed by atoms with E-state index in [0.717, 1.165) is 12.5 Å². The Morgan fingerprint density at radius 3 is 2.47 bits per heavy atom. The Kier molecular flexibility index (Phi) is 7.08. The molecular weight excluding hydrogens is 345 g/mol. The van der Waals surface area contributed by atoms with Crippen LogP contribution in [0.1, 0.15) is 31.2 Å². The Morgan fingerprint density at radius 2 is 2.06 bits per heavy atom. The molecule has 0 aliphatic rings. The van der Waals surface area contributed by atoms with Crippen molar-refractivity contribution in [3.05, 3.63) is 21.9 Å². The average molecular weight is 367 g/mol. The van der Waals surface area contributed by atoms with Crippen LogP contribution in [-0.2, 0) is 6.54 Å². The van der Waals surface area contributed by atoms with Gasteiger partial charge in [-0.2, -0.15) is 0 Å². The third kappa shape index (κ3) is 6.26. The number of rotatable bonds is 2. The zero-order valence-corrected chi connectivity index (χ0v) is 14.3. The molecule has 1 heterocycles. The van der Waals surface area contributed by atoms with Gasteiger partial charge in [-0.25, -0.2) is 0 Å². The number of thiophene rings is 1. The van der Waals surface area contributed by atoms with Crippen LogP contribution in [0.5, 0.6) is 0 Å². The van der Waals surface area contributed by atoms with Crippen molar-refractivity contribution in [3.63, 3.8) is 0 Å². The molecule has 98 valence electrons. The topological polar surface area (TPSA) is 36.4 Å². The standard InChI is InChI=1S/C12H21N3S.HI/c1-9-6-7-16-10(9)8-14-11(13-5)15-12(2,3)4;/h6-7H,8H2,1-5H3,(H2,13,14,15);1H. The molecule has 3 nitrogen and oxygen atoms in total. The molecule has 0 radical (unpaired) electrons. The molecule has 0 bridgehead atoms.